The van der Waals surface area contributed by atoms with E-state index >= 15 is 0 Å². The van der Waals surface area contributed by atoms with E-state index in [-0.39, 0.29) is 19.1 Å². The second-order valence-corrected chi connectivity index (χ2v) is 4.82. The largest absolute Gasteiger partial charge is 0.505 e. The number of carbonyl (C=O) groups excluding carboxylic acids is 1. The predicted octanol–water partition coefficient (Wildman–Crippen LogP) is 2.07. The summed E-state index contributed by atoms with van der Waals surface area (Å²) in [5.41, 5.74) is 1.62. The number of esters is 1. The minimum atomic E-state index is -1.37. The van der Waals surface area contributed by atoms with Crippen LogP contribution in [0.5, 0.6) is 0 Å². The number of hydrogen-bond donors (Lipinski definition) is 1. The van der Waals surface area contributed by atoms with E-state index in [4.69, 9.17) is 19.3 Å². The van der Waals surface area contributed by atoms with Gasteiger partial charge in [0.15, 0.2) is 6.29 Å². The van der Waals surface area contributed by atoms with Crippen molar-refractivity contribution >= 4 is 12.1 Å². The number of rotatable bonds is 6. The first-order chi connectivity index (χ1) is 10.6. The van der Waals surface area contributed by atoms with Crippen LogP contribution in [0.3, 0.4) is 0 Å². The van der Waals surface area contributed by atoms with Gasteiger partial charge >= 0.3 is 12.1 Å². The summed E-state index contributed by atoms with van der Waals surface area (Å²) < 4.78 is 20.5. The molecule has 120 valence electrons. The first-order valence-corrected chi connectivity index (χ1v) is 6.88. The first-order valence-electron chi connectivity index (χ1n) is 6.88. The zero-order valence-corrected chi connectivity index (χ0v) is 12.2. The van der Waals surface area contributed by atoms with Gasteiger partial charge in [-0.05, 0) is 5.56 Å². The number of benzene rings is 1. The number of hydrogen-bond acceptors (Lipinski definition) is 6. The second kappa shape index (κ2) is 7.77. The van der Waals surface area contributed by atoms with Crippen molar-refractivity contribution in [2.45, 2.75) is 19.1 Å². The highest BCUT2D eigenvalue weighted by Crippen LogP contribution is 2.26. The maximum atomic E-state index is 11.0. The van der Waals surface area contributed by atoms with E-state index in [2.05, 4.69) is 4.74 Å². The summed E-state index contributed by atoms with van der Waals surface area (Å²) in [5.74, 6) is -0.819. The Morgan fingerprint density at radius 3 is 2.59 bits per heavy atom. The van der Waals surface area contributed by atoms with Crippen LogP contribution in [0.1, 0.15) is 30.3 Å². The lowest BCUT2D eigenvalue weighted by molar-refractivity contribution is -0.141. The van der Waals surface area contributed by atoms with E-state index < -0.39 is 18.4 Å². The minimum absolute atomic E-state index is 0.0401. The van der Waals surface area contributed by atoms with Gasteiger partial charge in [0.2, 0.25) is 0 Å². The molecule has 0 saturated carbocycles. The summed E-state index contributed by atoms with van der Waals surface area (Å²) in [6.07, 6.45) is -1.79. The van der Waals surface area contributed by atoms with Crippen LogP contribution in [0, 0.1) is 0 Å². The molecule has 2 rings (SSSR count). The Morgan fingerprint density at radius 2 is 1.95 bits per heavy atom. The third-order valence-corrected chi connectivity index (χ3v) is 3.17. The molecule has 0 amide bonds. The van der Waals surface area contributed by atoms with Gasteiger partial charge in [0.25, 0.3) is 0 Å². The molecule has 0 bridgehead atoms. The summed E-state index contributed by atoms with van der Waals surface area (Å²) in [7, 11) is 0. The highest BCUT2D eigenvalue weighted by Gasteiger charge is 2.21. The third kappa shape index (κ3) is 4.71. The van der Waals surface area contributed by atoms with Gasteiger partial charge in [-0.2, -0.15) is 0 Å². The molecular weight excluding hydrogens is 292 g/mol. The molecule has 1 aromatic carbocycles. The molecule has 0 aromatic heterocycles. The van der Waals surface area contributed by atoms with E-state index in [1.54, 1.807) is 0 Å². The van der Waals surface area contributed by atoms with Gasteiger partial charge in [0.1, 0.15) is 13.2 Å². The highest BCUT2D eigenvalue weighted by molar-refractivity contribution is 5.66. The van der Waals surface area contributed by atoms with Crippen LogP contribution in [0.25, 0.3) is 0 Å². The Morgan fingerprint density at radius 1 is 1.27 bits per heavy atom. The van der Waals surface area contributed by atoms with Crippen molar-refractivity contribution in [1.82, 2.24) is 0 Å². The Bertz CT molecular complexity index is 504. The van der Waals surface area contributed by atoms with Crippen LogP contribution in [0.4, 0.5) is 4.79 Å². The number of carbonyl (C=O) groups is 2. The van der Waals surface area contributed by atoms with E-state index in [0.717, 1.165) is 11.1 Å². The molecule has 1 atom stereocenters. The van der Waals surface area contributed by atoms with Crippen LogP contribution < -0.4 is 0 Å². The lowest BCUT2D eigenvalue weighted by Gasteiger charge is -2.18. The normalized spacial score (nSPS) is 16.2. The average molecular weight is 310 g/mol. The molecule has 1 aliphatic heterocycles. The van der Waals surface area contributed by atoms with Gasteiger partial charge in [-0.25, -0.2) is 4.79 Å². The zero-order chi connectivity index (χ0) is 15.9. The van der Waals surface area contributed by atoms with Crippen LogP contribution in [-0.2, 0) is 23.7 Å². The van der Waals surface area contributed by atoms with E-state index in [0.29, 0.717) is 13.2 Å². The standard InChI is InChI=1S/C15H18O7/c1-10(16)21-8-13(9-22-15(17)18)11-3-2-4-12(7-11)14-19-5-6-20-14/h2-4,7,13-14H,5-6,8-9H2,1H3,(H,17,18). The van der Waals surface area contributed by atoms with E-state index in [9.17, 15) is 9.59 Å². The molecular formula is C15H18O7. The third-order valence-electron chi connectivity index (χ3n) is 3.17. The van der Waals surface area contributed by atoms with Crippen LogP contribution in [-0.4, -0.2) is 43.7 Å². The summed E-state index contributed by atoms with van der Waals surface area (Å²) >= 11 is 0. The van der Waals surface area contributed by atoms with Crippen molar-refractivity contribution in [2.75, 3.05) is 26.4 Å². The fraction of sp³-hybridized carbons (Fsp3) is 0.467. The van der Waals surface area contributed by atoms with Crippen LogP contribution in [0.2, 0.25) is 0 Å². The van der Waals surface area contributed by atoms with Crippen LogP contribution in [0.15, 0.2) is 24.3 Å². The molecule has 1 aliphatic rings. The van der Waals surface area contributed by atoms with Gasteiger partial charge in [-0.3, -0.25) is 4.79 Å². The minimum Gasteiger partial charge on any atom is -0.465 e. The molecule has 7 nitrogen and oxygen atoms in total. The molecule has 1 N–H and O–H groups in total. The monoisotopic (exact) mass is 310 g/mol. The van der Waals surface area contributed by atoms with Crippen molar-refractivity contribution < 1.29 is 33.6 Å². The summed E-state index contributed by atoms with van der Waals surface area (Å²) in [5, 5.41) is 8.64. The lowest BCUT2D eigenvalue weighted by atomic mass is 9.98. The SMILES string of the molecule is CC(=O)OCC(COC(=O)O)c1cccc(C2OCCO2)c1. The Balaban J connectivity index is 2.11. The Hall–Kier alpha value is -2.12. The van der Waals surface area contributed by atoms with Crippen LogP contribution >= 0.6 is 0 Å². The van der Waals surface area contributed by atoms with Crippen molar-refractivity contribution in [1.29, 1.82) is 0 Å². The Kier molecular flexibility index (Phi) is 5.74. The van der Waals surface area contributed by atoms with Crippen molar-refractivity contribution in [2.24, 2.45) is 0 Å². The highest BCUT2D eigenvalue weighted by atomic mass is 16.7. The molecule has 1 fully saturated rings. The van der Waals surface area contributed by atoms with E-state index in [1.807, 2.05) is 24.3 Å². The summed E-state index contributed by atoms with van der Waals surface area (Å²) in [6, 6.07) is 7.34. The predicted molar refractivity (Wildman–Crippen MR) is 74.4 cm³/mol. The van der Waals surface area contributed by atoms with Crippen molar-refractivity contribution in [3.8, 4) is 0 Å². The van der Waals surface area contributed by atoms with Crippen molar-refractivity contribution in [3.05, 3.63) is 35.4 Å². The number of carboxylic acid groups (broad SMARTS) is 1. The lowest BCUT2D eigenvalue weighted by Crippen LogP contribution is -2.18. The molecule has 1 unspecified atom stereocenters. The van der Waals surface area contributed by atoms with Gasteiger partial charge < -0.3 is 24.1 Å². The van der Waals surface area contributed by atoms with Gasteiger partial charge in [-0.1, -0.05) is 24.3 Å². The molecule has 0 spiro atoms. The molecule has 0 radical (unpaired) electrons. The molecule has 1 saturated heterocycles. The first kappa shape index (κ1) is 16.3. The maximum Gasteiger partial charge on any atom is 0.505 e. The summed E-state index contributed by atoms with van der Waals surface area (Å²) in [4.78, 5) is 21.6. The number of ether oxygens (including phenoxy) is 4. The average Bonchev–Trinajstić information content (AvgIpc) is 3.01. The zero-order valence-electron chi connectivity index (χ0n) is 12.2. The fourth-order valence-electron chi connectivity index (χ4n) is 2.14. The fourth-order valence-corrected chi connectivity index (χ4v) is 2.14. The molecule has 1 aromatic rings. The Labute approximate surface area is 127 Å². The molecule has 0 aliphatic carbocycles. The molecule has 22 heavy (non-hydrogen) atoms. The second-order valence-electron chi connectivity index (χ2n) is 4.82. The van der Waals surface area contributed by atoms with Gasteiger partial charge in [-0.15, -0.1) is 0 Å². The summed E-state index contributed by atoms with van der Waals surface area (Å²) in [6.45, 7) is 2.31. The van der Waals surface area contributed by atoms with E-state index in [1.165, 1.54) is 6.92 Å². The quantitative estimate of drug-likeness (QED) is 0.804. The maximum absolute atomic E-state index is 11.0. The van der Waals surface area contributed by atoms with Gasteiger partial charge in [0.05, 0.1) is 19.1 Å². The molecule has 7 heteroatoms. The van der Waals surface area contributed by atoms with Gasteiger partial charge in [0, 0.05) is 12.5 Å². The smallest absolute Gasteiger partial charge is 0.465 e. The van der Waals surface area contributed by atoms with Crippen molar-refractivity contribution in [3.63, 3.8) is 0 Å². The molecule has 1 heterocycles. The topological polar surface area (TPSA) is 91.3 Å².